The quantitative estimate of drug-likeness (QED) is 0.852. The van der Waals surface area contributed by atoms with Gasteiger partial charge in [-0.1, -0.05) is 0 Å². The minimum Gasteiger partial charge on any atom is -0.372 e. The molecule has 0 unspecified atom stereocenters. The Bertz CT molecular complexity index is 810. The molecule has 0 radical (unpaired) electrons. The van der Waals surface area contributed by atoms with E-state index in [2.05, 4.69) is 10.2 Å². The van der Waals surface area contributed by atoms with Crippen molar-refractivity contribution in [1.82, 2.24) is 4.57 Å². The van der Waals surface area contributed by atoms with E-state index >= 15 is 0 Å². The van der Waals surface area contributed by atoms with Gasteiger partial charge >= 0.3 is 6.18 Å². The topological polar surface area (TPSA) is 54.3 Å². The van der Waals surface area contributed by atoms with E-state index in [-0.39, 0.29) is 0 Å². The van der Waals surface area contributed by atoms with E-state index in [1.807, 2.05) is 26.0 Å². The second-order valence-corrected chi connectivity index (χ2v) is 5.62. The number of nitrogens with zero attached hydrogens (tertiary/aromatic N) is 2. The molecule has 0 saturated carbocycles. The van der Waals surface area contributed by atoms with Crippen LogP contribution in [0.5, 0.6) is 0 Å². The number of alkyl halides is 3. The SMILES string of the molecule is CCN(CC)c1ccc(NC(=O)Cn2cccc(C(F)(F)F)c2=O)cc1. The zero-order valence-corrected chi connectivity index (χ0v) is 14.5. The molecule has 0 bridgehead atoms. The van der Waals surface area contributed by atoms with E-state index in [1.54, 1.807) is 12.1 Å². The van der Waals surface area contributed by atoms with Crippen LogP contribution in [-0.2, 0) is 17.5 Å². The minimum atomic E-state index is -4.75. The number of benzene rings is 1. The van der Waals surface area contributed by atoms with Gasteiger partial charge in [0.25, 0.3) is 5.56 Å². The molecule has 5 nitrogen and oxygen atoms in total. The van der Waals surface area contributed by atoms with Gasteiger partial charge in [0.2, 0.25) is 5.91 Å². The first-order valence-corrected chi connectivity index (χ1v) is 8.17. The van der Waals surface area contributed by atoms with Gasteiger partial charge in [-0.05, 0) is 50.2 Å². The van der Waals surface area contributed by atoms with Crippen LogP contribution in [0.4, 0.5) is 24.5 Å². The summed E-state index contributed by atoms with van der Waals surface area (Å²) in [4.78, 5) is 26.0. The third-order valence-corrected chi connectivity index (χ3v) is 3.92. The average Bonchev–Trinajstić information content (AvgIpc) is 2.58. The van der Waals surface area contributed by atoms with Crippen LogP contribution in [0.3, 0.4) is 0 Å². The van der Waals surface area contributed by atoms with E-state index in [9.17, 15) is 22.8 Å². The summed E-state index contributed by atoms with van der Waals surface area (Å²) in [5.41, 5.74) is -1.03. The van der Waals surface area contributed by atoms with E-state index in [0.717, 1.165) is 35.6 Å². The molecule has 0 aliphatic rings. The lowest BCUT2D eigenvalue weighted by atomic mass is 10.2. The number of carbonyl (C=O) groups excluding carboxylic acids is 1. The van der Waals surface area contributed by atoms with Gasteiger partial charge in [-0.15, -0.1) is 0 Å². The summed E-state index contributed by atoms with van der Waals surface area (Å²) in [6.07, 6.45) is -3.60. The fourth-order valence-electron chi connectivity index (χ4n) is 2.58. The van der Waals surface area contributed by atoms with E-state index < -0.39 is 29.8 Å². The highest BCUT2D eigenvalue weighted by molar-refractivity contribution is 5.90. The van der Waals surface area contributed by atoms with Gasteiger partial charge in [0.15, 0.2) is 0 Å². The minimum absolute atomic E-state index is 0.499. The van der Waals surface area contributed by atoms with Gasteiger partial charge in [0.1, 0.15) is 12.1 Å². The summed E-state index contributed by atoms with van der Waals surface area (Å²) in [6, 6.07) is 8.90. The molecular weight excluding hydrogens is 347 g/mol. The first kappa shape index (κ1) is 19.6. The number of anilines is 2. The molecule has 0 fully saturated rings. The number of pyridine rings is 1. The molecule has 1 aromatic carbocycles. The van der Waals surface area contributed by atoms with Gasteiger partial charge in [0.05, 0.1) is 0 Å². The summed E-state index contributed by atoms with van der Waals surface area (Å²) in [6.45, 7) is 5.26. The second kappa shape index (κ2) is 8.07. The summed E-state index contributed by atoms with van der Waals surface area (Å²) in [5.74, 6) is -0.581. The fourth-order valence-corrected chi connectivity index (χ4v) is 2.58. The van der Waals surface area contributed by atoms with Crippen LogP contribution in [0.2, 0.25) is 0 Å². The molecule has 0 spiro atoms. The zero-order chi connectivity index (χ0) is 19.3. The molecule has 8 heteroatoms. The second-order valence-electron chi connectivity index (χ2n) is 5.62. The molecule has 0 aliphatic heterocycles. The fraction of sp³-hybridized carbons (Fsp3) is 0.333. The van der Waals surface area contributed by atoms with Gasteiger partial charge in [0, 0.05) is 30.7 Å². The Balaban J connectivity index is 2.09. The van der Waals surface area contributed by atoms with E-state index in [1.165, 1.54) is 0 Å². The first-order chi connectivity index (χ1) is 12.3. The monoisotopic (exact) mass is 367 g/mol. The van der Waals surface area contributed by atoms with Crippen LogP contribution in [-0.4, -0.2) is 23.6 Å². The third-order valence-electron chi connectivity index (χ3n) is 3.92. The molecule has 2 aromatic rings. The Morgan fingerprint density at radius 1 is 1.12 bits per heavy atom. The summed E-state index contributed by atoms with van der Waals surface area (Å²) in [5, 5.41) is 2.58. The molecule has 1 N–H and O–H groups in total. The summed E-state index contributed by atoms with van der Waals surface area (Å²) < 4.78 is 39.0. The predicted molar refractivity (Wildman–Crippen MR) is 94.3 cm³/mol. The van der Waals surface area contributed by atoms with E-state index in [0.29, 0.717) is 11.8 Å². The van der Waals surface area contributed by atoms with Crippen molar-refractivity contribution in [3.63, 3.8) is 0 Å². The number of halogens is 3. The summed E-state index contributed by atoms with van der Waals surface area (Å²) in [7, 11) is 0. The average molecular weight is 367 g/mol. The standard InChI is InChI=1S/C18H20F3N3O2/c1-3-23(4-2)14-9-7-13(8-10-14)22-16(25)12-24-11-5-6-15(17(24)26)18(19,20)21/h5-11H,3-4,12H2,1-2H3,(H,22,25). The Hall–Kier alpha value is -2.77. The molecule has 1 amide bonds. The zero-order valence-electron chi connectivity index (χ0n) is 14.5. The van der Waals surface area contributed by atoms with Crippen molar-refractivity contribution in [3.8, 4) is 0 Å². The molecule has 1 aromatic heterocycles. The predicted octanol–water partition coefficient (Wildman–Crippen LogP) is 3.35. The van der Waals surface area contributed by atoms with Crippen molar-refractivity contribution in [2.24, 2.45) is 0 Å². The van der Waals surface area contributed by atoms with Crippen molar-refractivity contribution >= 4 is 17.3 Å². The van der Waals surface area contributed by atoms with Crippen LogP contribution < -0.4 is 15.8 Å². The molecule has 0 atom stereocenters. The van der Waals surface area contributed by atoms with Crippen LogP contribution >= 0.6 is 0 Å². The maximum absolute atomic E-state index is 12.8. The number of aromatic nitrogens is 1. The number of rotatable bonds is 6. The van der Waals surface area contributed by atoms with Crippen molar-refractivity contribution in [3.05, 3.63) is 58.5 Å². The third kappa shape index (κ3) is 4.65. The maximum atomic E-state index is 12.8. The van der Waals surface area contributed by atoms with Crippen molar-refractivity contribution < 1.29 is 18.0 Å². The smallest absolute Gasteiger partial charge is 0.372 e. The molecule has 0 saturated heterocycles. The Kier molecular flexibility index (Phi) is 6.07. The lowest BCUT2D eigenvalue weighted by molar-refractivity contribution is -0.139. The van der Waals surface area contributed by atoms with Crippen LogP contribution in [0.15, 0.2) is 47.4 Å². The number of nitrogens with one attached hydrogen (secondary N) is 1. The number of carbonyl (C=O) groups is 1. The highest BCUT2D eigenvalue weighted by Gasteiger charge is 2.34. The molecule has 0 aliphatic carbocycles. The molecule has 2 rings (SSSR count). The molecule has 26 heavy (non-hydrogen) atoms. The van der Waals surface area contributed by atoms with Crippen molar-refractivity contribution in [2.75, 3.05) is 23.3 Å². The maximum Gasteiger partial charge on any atom is 0.421 e. The van der Waals surface area contributed by atoms with Gasteiger partial charge in [-0.25, -0.2) is 0 Å². The van der Waals surface area contributed by atoms with Crippen LogP contribution in [0.1, 0.15) is 19.4 Å². The van der Waals surface area contributed by atoms with Crippen molar-refractivity contribution in [1.29, 1.82) is 0 Å². The Labute approximate surface area is 149 Å². The summed E-state index contributed by atoms with van der Waals surface area (Å²) >= 11 is 0. The largest absolute Gasteiger partial charge is 0.421 e. The van der Waals surface area contributed by atoms with Gasteiger partial charge < -0.3 is 14.8 Å². The van der Waals surface area contributed by atoms with Crippen LogP contribution in [0, 0.1) is 0 Å². The number of amides is 1. The Morgan fingerprint density at radius 2 is 1.73 bits per heavy atom. The van der Waals surface area contributed by atoms with Gasteiger partial charge in [-0.3, -0.25) is 9.59 Å². The number of hydrogen-bond donors (Lipinski definition) is 1. The number of hydrogen-bond acceptors (Lipinski definition) is 3. The first-order valence-electron chi connectivity index (χ1n) is 8.17. The van der Waals surface area contributed by atoms with Gasteiger partial charge in [-0.2, -0.15) is 13.2 Å². The highest BCUT2D eigenvalue weighted by Crippen LogP contribution is 2.26. The molecule has 140 valence electrons. The molecule has 1 heterocycles. The molecular formula is C18H20F3N3O2. The van der Waals surface area contributed by atoms with E-state index in [4.69, 9.17) is 0 Å². The van der Waals surface area contributed by atoms with Crippen molar-refractivity contribution in [2.45, 2.75) is 26.6 Å². The highest BCUT2D eigenvalue weighted by atomic mass is 19.4. The lowest BCUT2D eigenvalue weighted by Gasteiger charge is -2.21. The normalized spacial score (nSPS) is 11.3. The van der Waals surface area contributed by atoms with Crippen LogP contribution in [0.25, 0.3) is 0 Å². The lowest BCUT2D eigenvalue weighted by Crippen LogP contribution is -2.31. The Morgan fingerprint density at radius 3 is 2.27 bits per heavy atom.